The van der Waals surface area contributed by atoms with Gasteiger partial charge in [0.1, 0.15) is 5.72 Å². The molecule has 1 aromatic rings. The fourth-order valence-electron chi connectivity index (χ4n) is 2.75. The number of hydrogen-bond acceptors (Lipinski definition) is 4. The van der Waals surface area contributed by atoms with Crippen LogP contribution in [0.3, 0.4) is 0 Å². The third-order valence-electron chi connectivity index (χ3n) is 3.83. The van der Waals surface area contributed by atoms with Gasteiger partial charge in [-0.05, 0) is 13.1 Å². The van der Waals surface area contributed by atoms with Gasteiger partial charge in [-0.3, -0.25) is 5.32 Å². The molecule has 6 heteroatoms. The van der Waals surface area contributed by atoms with Gasteiger partial charge in [-0.2, -0.15) is 0 Å². The number of hydrogen-bond donors (Lipinski definition) is 2. The minimum absolute atomic E-state index is 0.0620. The van der Waals surface area contributed by atoms with E-state index in [9.17, 15) is 0 Å². The maximum atomic E-state index is 6.02. The van der Waals surface area contributed by atoms with Gasteiger partial charge in [0, 0.05) is 31.5 Å². The van der Waals surface area contributed by atoms with Gasteiger partial charge in [0.15, 0.2) is 7.98 Å². The normalized spacial score (nSPS) is 28.8. The van der Waals surface area contributed by atoms with E-state index in [0.29, 0.717) is 6.04 Å². The lowest BCUT2D eigenvalue weighted by molar-refractivity contribution is -0.0446. The topological polar surface area (TPSA) is 53.2 Å². The zero-order valence-electron chi connectivity index (χ0n) is 10.3. The van der Waals surface area contributed by atoms with Gasteiger partial charge in [-0.25, -0.2) is 4.98 Å². The van der Waals surface area contributed by atoms with Crippen molar-refractivity contribution in [1.29, 1.82) is 0 Å². The maximum absolute atomic E-state index is 6.02. The van der Waals surface area contributed by atoms with Gasteiger partial charge in [0.2, 0.25) is 0 Å². The number of nitrogens with one attached hydrogen (secondary N) is 2. The van der Waals surface area contributed by atoms with Crippen molar-refractivity contribution in [2.75, 3.05) is 19.7 Å². The summed E-state index contributed by atoms with van der Waals surface area (Å²) in [5.41, 5.74) is 1.05. The largest absolute Gasteiger partial charge is 0.359 e. The number of H-pyrrole nitrogens is 1. The molecule has 92 valence electrons. The molecule has 1 unspecified atom stereocenters. The molecule has 3 rings (SSSR count). The lowest BCUT2D eigenvalue weighted by atomic mass is 9.98. The van der Waals surface area contributed by atoms with Gasteiger partial charge in [-0.15, -0.1) is 0 Å². The number of ether oxygens (including phenoxy) is 1. The van der Waals surface area contributed by atoms with Crippen molar-refractivity contribution in [2.24, 2.45) is 0 Å². The molecule has 2 aliphatic rings. The smallest absolute Gasteiger partial charge is 0.185 e. The summed E-state index contributed by atoms with van der Waals surface area (Å²) in [6.45, 7) is 3.03. The highest BCUT2D eigenvalue weighted by Crippen LogP contribution is 2.28. The second-order valence-electron chi connectivity index (χ2n) is 5.21. The molecule has 0 aromatic carbocycles. The van der Waals surface area contributed by atoms with Gasteiger partial charge in [0.25, 0.3) is 0 Å². The van der Waals surface area contributed by atoms with Crippen LogP contribution in [0.25, 0.3) is 0 Å². The third kappa shape index (κ3) is 2.39. The highest BCUT2D eigenvalue weighted by molar-refractivity contribution is 6.04. The van der Waals surface area contributed by atoms with Gasteiger partial charge in [0.05, 0.1) is 18.6 Å². The fourth-order valence-corrected chi connectivity index (χ4v) is 2.75. The Morgan fingerprint density at radius 3 is 3.06 bits per heavy atom. The van der Waals surface area contributed by atoms with Crippen LogP contribution < -0.4 is 5.32 Å². The van der Waals surface area contributed by atoms with E-state index in [1.54, 1.807) is 6.33 Å². The molecule has 1 spiro atoms. The Balaban J connectivity index is 1.58. The van der Waals surface area contributed by atoms with Crippen molar-refractivity contribution < 1.29 is 4.74 Å². The molecule has 0 amide bonds. The first kappa shape index (κ1) is 11.3. The third-order valence-corrected chi connectivity index (χ3v) is 3.83. The number of aromatic nitrogens is 2. The summed E-state index contributed by atoms with van der Waals surface area (Å²) in [6, 6.07) is 0.404. The molecule has 17 heavy (non-hydrogen) atoms. The molecule has 2 fully saturated rings. The Hall–Kier alpha value is -0.845. The van der Waals surface area contributed by atoms with E-state index in [2.05, 4.69) is 28.1 Å². The highest BCUT2D eigenvalue weighted by atomic mass is 16.5. The Bertz CT molecular complexity index is 362. The molecule has 3 heterocycles. The van der Waals surface area contributed by atoms with Crippen LogP contribution in [0.15, 0.2) is 12.5 Å². The predicted octanol–water partition coefficient (Wildman–Crippen LogP) is -0.719. The van der Waals surface area contributed by atoms with Crippen molar-refractivity contribution in [3.05, 3.63) is 18.2 Å². The zero-order valence-corrected chi connectivity index (χ0v) is 10.3. The average Bonchev–Trinajstić information content (AvgIpc) is 2.95. The van der Waals surface area contributed by atoms with E-state index in [4.69, 9.17) is 4.74 Å². The second-order valence-corrected chi connectivity index (χ2v) is 5.21. The highest BCUT2D eigenvalue weighted by Gasteiger charge is 2.41. The summed E-state index contributed by atoms with van der Waals surface area (Å²) in [4.78, 5) is 9.62. The molecule has 2 N–H and O–H groups in total. The molecule has 0 aliphatic carbocycles. The van der Waals surface area contributed by atoms with Crippen molar-refractivity contribution in [2.45, 2.75) is 31.0 Å². The first-order valence-corrected chi connectivity index (χ1v) is 6.34. The zero-order chi connectivity index (χ0) is 11.7. The number of imidazole rings is 1. The summed E-state index contributed by atoms with van der Waals surface area (Å²) in [7, 11) is 2.17. The van der Waals surface area contributed by atoms with Crippen LogP contribution in [0.5, 0.6) is 0 Å². The quantitative estimate of drug-likeness (QED) is 0.663. The van der Waals surface area contributed by atoms with Gasteiger partial charge in [-0.1, -0.05) is 0 Å². The Kier molecular flexibility index (Phi) is 2.94. The molecular weight excluding hydrogens is 215 g/mol. The van der Waals surface area contributed by atoms with Crippen LogP contribution in [0.1, 0.15) is 18.5 Å². The molecule has 2 aliphatic heterocycles. The SMILES string of the molecule is BN1CCC2(CC1)NC(Cc1c[nH]cn1)CO2. The van der Waals surface area contributed by atoms with Crippen LogP contribution >= 0.6 is 0 Å². The van der Waals surface area contributed by atoms with Crippen molar-refractivity contribution in [3.8, 4) is 0 Å². The fraction of sp³-hybridized carbons (Fsp3) is 0.727. The molecular formula is C11H19BN4O. The van der Waals surface area contributed by atoms with E-state index in [-0.39, 0.29) is 5.72 Å². The van der Waals surface area contributed by atoms with Crippen LogP contribution in [-0.2, 0) is 11.2 Å². The predicted molar refractivity (Wildman–Crippen MR) is 67.2 cm³/mol. The minimum atomic E-state index is -0.0620. The van der Waals surface area contributed by atoms with E-state index >= 15 is 0 Å². The second kappa shape index (κ2) is 4.44. The van der Waals surface area contributed by atoms with Crippen LogP contribution in [0.4, 0.5) is 0 Å². The summed E-state index contributed by atoms with van der Waals surface area (Å²) >= 11 is 0. The molecule has 0 saturated carbocycles. The number of aromatic amines is 1. The first-order valence-electron chi connectivity index (χ1n) is 6.34. The van der Waals surface area contributed by atoms with Gasteiger partial charge < -0.3 is 14.5 Å². The molecule has 1 aromatic heterocycles. The molecule has 2 saturated heterocycles. The number of piperidine rings is 1. The van der Waals surface area contributed by atoms with Crippen LogP contribution in [-0.4, -0.2) is 54.2 Å². The number of rotatable bonds is 2. The maximum Gasteiger partial charge on any atom is 0.185 e. The van der Waals surface area contributed by atoms with Gasteiger partial charge >= 0.3 is 0 Å². The average molecular weight is 234 g/mol. The Morgan fingerprint density at radius 2 is 2.35 bits per heavy atom. The molecule has 0 bridgehead atoms. The van der Waals surface area contributed by atoms with Crippen molar-refractivity contribution in [1.82, 2.24) is 20.1 Å². The summed E-state index contributed by atoms with van der Waals surface area (Å²) < 4.78 is 6.02. The standard InChI is InChI=1S/C11H19BN4O/c12-16-3-1-11(2-4-16)15-10(7-17-11)5-9-6-13-8-14-9/h6,8,10,15H,1-5,7,12H2,(H,13,14). The van der Waals surface area contributed by atoms with E-state index < -0.39 is 0 Å². The van der Waals surface area contributed by atoms with Crippen LogP contribution in [0, 0.1) is 0 Å². The molecule has 5 nitrogen and oxygen atoms in total. The van der Waals surface area contributed by atoms with Crippen molar-refractivity contribution in [3.63, 3.8) is 0 Å². The van der Waals surface area contributed by atoms with E-state index in [0.717, 1.165) is 44.7 Å². The minimum Gasteiger partial charge on any atom is -0.359 e. The van der Waals surface area contributed by atoms with E-state index in [1.807, 2.05) is 6.20 Å². The lowest BCUT2D eigenvalue weighted by Crippen LogP contribution is -2.52. The summed E-state index contributed by atoms with van der Waals surface area (Å²) in [5.74, 6) is 0. The lowest BCUT2D eigenvalue weighted by Gasteiger charge is -2.37. The molecule has 0 radical (unpaired) electrons. The monoisotopic (exact) mass is 234 g/mol. The van der Waals surface area contributed by atoms with E-state index in [1.165, 1.54) is 0 Å². The summed E-state index contributed by atoms with van der Waals surface area (Å²) in [5, 5.41) is 3.66. The van der Waals surface area contributed by atoms with Crippen LogP contribution in [0.2, 0.25) is 0 Å². The first-order chi connectivity index (χ1) is 8.26. The Morgan fingerprint density at radius 1 is 1.53 bits per heavy atom. The molecule has 1 atom stereocenters. The summed E-state index contributed by atoms with van der Waals surface area (Å²) in [6.07, 6.45) is 6.81. The Labute approximate surface area is 102 Å². The number of nitrogens with zero attached hydrogens (tertiary/aromatic N) is 2. The van der Waals surface area contributed by atoms with Crippen molar-refractivity contribution >= 4 is 7.98 Å².